The third-order valence-electron chi connectivity index (χ3n) is 9.89. The van der Waals surface area contributed by atoms with Crippen LogP contribution in [0.2, 0.25) is 0 Å². The van der Waals surface area contributed by atoms with Gasteiger partial charge in [0.25, 0.3) is 0 Å². The van der Waals surface area contributed by atoms with Gasteiger partial charge in [0, 0.05) is 16.5 Å². The lowest BCUT2D eigenvalue weighted by molar-refractivity contribution is 1.18. The van der Waals surface area contributed by atoms with E-state index in [9.17, 15) is 0 Å². The van der Waals surface area contributed by atoms with Crippen molar-refractivity contribution in [3.63, 3.8) is 0 Å². The number of hydrogen-bond donors (Lipinski definition) is 0. The molecule has 236 valence electrons. The van der Waals surface area contributed by atoms with Crippen molar-refractivity contribution in [3.05, 3.63) is 200 Å². The molecule has 0 amide bonds. The summed E-state index contributed by atoms with van der Waals surface area (Å²) < 4.78 is 2.39. The fourth-order valence-electron chi connectivity index (χ4n) is 7.63. The molecule has 10 rings (SSSR count). The Hall–Kier alpha value is -6.44. The van der Waals surface area contributed by atoms with E-state index in [1.807, 2.05) is 0 Å². The zero-order valence-corrected chi connectivity index (χ0v) is 27.9. The molecule has 1 nitrogen and oxygen atoms in total. The lowest BCUT2D eigenvalue weighted by atomic mass is 9.86. The summed E-state index contributed by atoms with van der Waals surface area (Å²) in [5.74, 6) is 0. The van der Waals surface area contributed by atoms with Gasteiger partial charge in [-0.3, -0.25) is 0 Å². The molecule has 9 aromatic carbocycles. The first kappa shape index (κ1) is 29.7. The van der Waals surface area contributed by atoms with E-state index < -0.39 is 0 Å². The Bertz CT molecular complexity index is 2680. The van der Waals surface area contributed by atoms with Crippen LogP contribution in [-0.2, 0) is 0 Å². The van der Waals surface area contributed by atoms with Crippen LogP contribution < -0.4 is 0 Å². The monoisotopic (exact) mass is 637 g/mol. The molecular weight excluding hydrogens is 603 g/mol. The number of aryl methyl sites for hydroxylation is 1. The Morgan fingerprint density at radius 2 is 0.740 bits per heavy atom. The zero-order valence-electron chi connectivity index (χ0n) is 27.9. The Balaban J connectivity index is 0.000000289. The van der Waals surface area contributed by atoms with E-state index in [1.54, 1.807) is 0 Å². The lowest BCUT2D eigenvalue weighted by Crippen LogP contribution is -1.94. The highest BCUT2D eigenvalue weighted by molar-refractivity contribution is 6.21. The molecule has 0 spiro atoms. The SMILES string of the molecule is Cc1ccc2c(c1)c1ccccc1n2-c1ccc(-c2c3ccccc3c(-c3ccccc3)c3ccccc23)cc1.c1ccc2ccccc2c1. The minimum atomic E-state index is 1.17. The van der Waals surface area contributed by atoms with Gasteiger partial charge in [-0.25, -0.2) is 0 Å². The third-order valence-corrected chi connectivity index (χ3v) is 9.89. The minimum absolute atomic E-state index is 1.17. The van der Waals surface area contributed by atoms with Gasteiger partial charge in [0.05, 0.1) is 11.0 Å². The number of rotatable bonds is 3. The molecule has 0 fully saturated rings. The molecule has 0 aliphatic heterocycles. The van der Waals surface area contributed by atoms with E-state index in [-0.39, 0.29) is 0 Å². The quantitative estimate of drug-likeness (QED) is 0.170. The maximum atomic E-state index is 2.39. The Morgan fingerprint density at radius 3 is 1.28 bits per heavy atom. The molecule has 0 aliphatic carbocycles. The van der Waals surface area contributed by atoms with Gasteiger partial charge < -0.3 is 4.57 Å². The van der Waals surface area contributed by atoms with Gasteiger partial charge >= 0.3 is 0 Å². The first-order valence-corrected chi connectivity index (χ1v) is 17.3. The molecule has 1 heterocycles. The fraction of sp³-hybridized carbons (Fsp3) is 0.0204. The van der Waals surface area contributed by atoms with Crippen molar-refractivity contribution in [2.45, 2.75) is 6.92 Å². The van der Waals surface area contributed by atoms with Crippen molar-refractivity contribution in [1.29, 1.82) is 0 Å². The molecule has 1 heteroatoms. The second-order valence-electron chi connectivity index (χ2n) is 13.0. The highest BCUT2D eigenvalue weighted by Gasteiger charge is 2.17. The van der Waals surface area contributed by atoms with Crippen LogP contribution in [0.5, 0.6) is 0 Å². The first-order chi connectivity index (χ1) is 24.7. The average Bonchev–Trinajstić information content (AvgIpc) is 3.51. The molecule has 0 aliphatic rings. The van der Waals surface area contributed by atoms with Crippen LogP contribution in [0.1, 0.15) is 5.56 Å². The molecule has 50 heavy (non-hydrogen) atoms. The Labute approximate surface area is 292 Å². The molecular formula is C49H35N. The smallest absolute Gasteiger partial charge is 0.0541 e. The van der Waals surface area contributed by atoms with Gasteiger partial charge in [0.1, 0.15) is 0 Å². The van der Waals surface area contributed by atoms with E-state index in [4.69, 9.17) is 0 Å². The summed E-state index contributed by atoms with van der Waals surface area (Å²) in [4.78, 5) is 0. The predicted molar refractivity (Wildman–Crippen MR) is 215 cm³/mol. The fourth-order valence-corrected chi connectivity index (χ4v) is 7.63. The summed E-state index contributed by atoms with van der Waals surface area (Å²) >= 11 is 0. The van der Waals surface area contributed by atoms with Gasteiger partial charge in [-0.05, 0) is 91.8 Å². The van der Waals surface area contributed by atoms with E-state index in [0.717, 1.165) is 0 Å². The number of benzene rings is 9. The number of fused-ring (bicyclic) bond motifs is 6. The van der Waals surface area contributed by atoms with Crippen LogP contribution >= 0.6 is 0 Å². The van der Waals surface area contributed by atoms with Crippen molar-refractivity contribution in [3.8, 4) is 27.9 Å². The Kier molecular flexibility index (Phi) is 7.44. The third kappa shape index (κ3) is 5.12. The highest BCUT2D eigenvalue weighted by Crippen LogP contribution is 2.44. The van der Waals surface area contributed by atoms with E-state index in [2.05, 4.69) is 206 Å². The molecule has 0 bridgehead atoms. The average molecular weight is 638 g/mol. The van der Waals surface area contributed by atoms with E-state index in [1.165, 1.54) is 87.6 Å². The van der Waals surface area contributed by atoms with Gasteiger partial charge in [0.2, 0.25) is 0 Å². The molecule has 10 aromatic rings. The second kappa shape index (κ2) is 12.5. The zero-order chi connectivity index (χ0) is 33.4. The standard InChI is InChI=1S/C39H27N.C10H8/c1-26-19-24-37-35(25-26)30-13-9-10-18-36(30)40(37)29-22-20-28(21-23-29)39-33-16-7-5-14-31(33)38(27-11-3-2-4-12-27)32-15-6-8-17-34(32)39;1-2-6-10-8-4-3-7-9(10)5-1/h2-25H,1H3;1-8H. The Morgan fingerprint density at radius 1 is 0.320 bits per heavy atom. The van der Waals surface area contributed by atoms with Crippen LogP contribution in [-0.4, -0.2) is 4.57 Å². The van der Waals surface area contributed by atoms with Gasteiger partial charge in [-0.1, -0.05) is 169 Å². The molecule has 0 saturated carbocycles. The van der Waals surface area contributed by atoms with Crippen molar-refractivity contribution in [1.82, 2.24) is 4.57 Å². The summed E-state index contributed by atoms with van der Waals surface area (Å²) in [6.45, 7) is 2.16. The van der Waals surface area contributed by atoms with Gasteiger partial charge in [-0.15, -0.1) is 0 Å². The summed E-state index contributed by atoms with van der Waals surface area (Å²) in [5, 5.41) is 10.3. The lowest BCUT2D eigenvalue weighted by Gasteiger charge is -2.18. The second-order valence-corrected chi connectivity index (χ2v) is 13.0. The molecule has 1 aromatic heterocycles. The van der Waals surface area contributed by atoms with Gasteiger partial charge in [-0.2, -0.15) is 0 Å². The minimum Gasteiger partial charge on any atom is -0.309 e. The first-order valence-electron chi connectivity index (χ1n) is 17.3. The number of hydrogen-bond acceptors (Lipinski definition) is 0. The summed E-state index contributed by atoms with van der Waals surface area (Å²) in [6, 6.07) is 69.8. The van der Waals surface area contributed by atoms with E-state index in [0.29, 0.717) is 0 Å². The van der Waals surface area contributed by atoms with Crippen LogP contribution in [0.3, 0.4) is 0 Å². The highest BCUT2D eigenvalue weighted by atomic mass is 15.0. The molecule has 0 saturated heterocycles. The topological polar surface area (TPSA) is 4.93 Å². The maximum Gasteiger partial charge on any atom is 0.0541 e. The summed E-state index contributed by atoms with van der Waals surface area (Å²) in [5.41, 5.74) is 9.99. The summed E-state index contributed by atoms with van der Waals surface area (Å²) in [7, 11) is 0. The maximum absolute atomic E-state index is 2.39. The van der Waals surface area contributed by atoms with Crippen molar-refractivity contribution in [2.24, 2.45) is 0 Å². The van der Waals surface area contributed by atoms with Crippen molar-refractivity contribution < 1.29 is 0 Å². The molecule has 0 unspecified atom stereocenters. The molecule has 0 radical (unpaired) electrons. The van der Waals surface area contributed by atoms with Crippen LogP contribution in [0.15, 0.2) is 194 Å². The molecule has 0 N–H and O–H groups in total. The summed E-state index contributed by atoms with van der Waals surface area (Å²) in [6.07, 6.45) is 0. The van der Waals surface area contributed by atoms with Crippen molar-refractivity contribution in [2.75, 3.05) is 0 Å². The number of para-hydroxylation sites is 1. The van der Waals surface area contributed by atoms with Crippen LogP contribution in [0.4, 0.5) is 0 Å². The number of aromatic nitrogens is 1. The largest absolute Gasteiger partial charge is 0.309 e. The number of nitrogens with zero attached hydrogens (tertiary/aromatic N) is 1. The van der Waals surface area contributed by atoms with Crippen LogP contribution in [0, 0.1) is 6.92 Å². The van der Waals surface area contributed by atoms with Crippen LogP contribution in [0.25, 0.3) is 82.1 Å². The normalized spacial score (nSPS) is 11.3. The molecule has 0 atom stereocenters. The van der Waals surface area contributed by atoms with E-state index >= 15 is 0 Å². The van der Waals surface area contributed by atoms with Crippen molar-refractivity contribution >= 4 is 54.1 Å². The predicted octanol–water partition coefficient (Wildman–Crippen LogP) is 13.6. The van der Waals surface area contributed by atoms with Gasteiger partial charge in [0.15, 0.2) is 0 Å².